The summed E-state index contributed by atoms with van der Waals surface area (Å²) < 4.78 is 39.9. The van der Waals surface area contributed by atoms with Gasteiger partial charge in [-0.1, -0.05) is 0 Å². The van der Waals surface area contributed by atoms with E-state index >= 15 is 0 Å². The highest BCUT2D eigenvalue weighted by Crippen LogP contribution is 2.33. The number of anilines is 2. The Hall–Kier alpha value is -2.69. The first-order valence-electron chi connectivity index (χ1n) is 8.24. The number of aromatic nitrogens is 5. The van der Waals surface area contributed by atoms with Crippen LogP contribution in [0.4, 0.5) is 24.1 Å². The Morgan fingerprint density at radius 3 is 2.37 bits per heavy atom. The van der Waals surface area contributed by atoms with Crippen molar-refractivity contribution < 1.29 is 13.2 Å². The van der Waals surface area contributed by atoms with Crippen molar-refractivity contribution in [3.63, 3.8) is 0 Å². The Kier molecular flexibility index (Phi) is 4.46. The molecule has 0 N–H and O–H groups in total. The van der Waals surface area contributed by atoms with Crippen LogP contribution < -0.4 is 9.80 Å². The van der Waals surface area contributed by atoms with Gasteiger partial charge < -0.3 is 9.80 Å². The molecule has 0 unspecified atom stereocenters. The molecule has 27 heavy (non-hydrogen) atoms. The second-order valence-corrected chi connectivity index (χ2v) is 6.99. The maximum absolute atomic E-state index is 12.7. The van der Waals surface area contributed by atoms with E-state index in [1.807, 2.05) is 18.1 Å². The molecular weight excluding hydrogens is 379 g/mol. The van der Waals surface area contributed by atoms with Gasteiger partial charge in [-0.05, 0) is 0 Å². The maximum Gasteiger partial charge on any atom is 0.434 e. The van der Waals surface area contributed by atoms with E-state index in [9.17, 15) is 13.2 Å². The summed E-state index contributed by atoms with van der Waals surface area (Å²) in [7, 11) is 1.84. The van der Waals surface area contributed by atoms with E-state index in [1.54, 1.807) is 23.3 Å². The lowest BCUT2D eigenvalue weighted by molar-refractivity contribution is -0.140. The minimum Gasteiger partial charge on any atom is -0.352 e. The monoisotopic (exact) mass is 395 g/mol. The molecular formula is C16H16F3N7S. The molecule has 0 aliphatic carbocycles. The third kappa shape index (κ3) is 3.72. The molecule has 4 heterocycles. The Balaban J connectivity index is 1.44. The van der Waals surface area contributed by atoms with Crippen LogP contribution in [0.5, 0.6) is 0 Å². The summed E-state index contributed by atoms with van der Waals surface area (Å²) in [4.78, 5) is 16.6. The van der Waals surface area contributed by atoms with Crippen molar-refractivity contribution in [3.8, 4) is 11.3 Å². The normalized spacial score (nSPS) is 15.4. The fourth-order valence-electron chi connectivity index (χ4n) is 2.87. The average Bonchev–Trinajstić information content (AvgIpc) is 3.31. The lowest BCUT2D eigenvalue weighted by Gasteiger charge is -2.35. The van der Waals surface area contributed by atoms with E-state index in [-0.39, 0.29) is 0 Å². The van der Waals surface area contributed by atoms with Crippen molar-refractivity contribution in [2.75, 3.05) is 36.0 Å². The Morgan fingerprint density at radius 1 is 1.00 bits per heavy atom. The van der Waals surface area contributed by atoms with Crippen LogP contribution in [0.15, 0.2) is 30.2 Å². The summed E-state index contributed by atoms with van der Waals surface area (Å²) in [6, 6.07) is 0. The topological polar surface area (TPSA) is 63.0 Å². The second kappa shape index (κ2) is 6.80. The summed E-state index contributed by atoms with van der Waals surface area (Å²) in [6.45, 7) is 2.41. The van der Waals surface area contributed by atoms with Crippen molar-refractivity contribution in [3.05, 3.63) is 35.9 Å². The van der Waals surface area contributed by atoms with Gasteiger partial charge in [0.15, 0.2) is 10.8 Å². The molecule has 11 heteroatoms. The van der Waals surface area contributed by atoms with Crippen LogP contribution in [-0.4, -0.2) is 50.9 Å². The van der Waals surface area contributed by atoms with Crippen LogP contribution in [0.1, 0.15) is 5.69 Å². The van der Waals surface area contributed by atoms with Gasteiger partial charge in [-0.15, -0.1) is 11.3 Å². The summed E-state index contributed by atoms with van der Waals surface area (Å²) >= 11 is 1.02. The van der Waals surface area contributed by atoms with Gasteiger partial charge in [-0.25, -0.2) is 9.97 Å². The second-order valence-electron chi connectivity index (χ2n) is 6.15. The fraction of sp³-hybridized carbons (Fsp3) is 0.375. The lowest BCUT2D eigenvalue weighted by Crippen LogP contribution is -2.46. The standard InChI is InChI=1S/C16H16F3N7S/c1-24-9-11(6-21-24)12-7-20-8-14(22-12)25-2-4-26(5-3-25)15-23-13(10-27-15)16(17,18)19/h6-10H,2-5H2,1H3. The van der Waals surface area contributed by atoms with Crippen molar-refractivity contribution in [2.45, 2.75) is 6.18 Å². The Bertz CT molecular complexity index is 928. The van der Waals surface area contributed by atoms with Crippen LogP contribution in [0, 0.1) is 0 Å². The summed E-state index contributed by atoms with van der Waals surface area (Å²) in [6.07, 6.45) is 2.57. The molecule has 0 saturated carbocycles. The van der Waals surface area contributed by atoms with E-state index in [2.05, 4.69) is 25.0 Å². The predicted octanol–water partition coefficient (Wildman–Crippen LogP) is 2.68. The van der Waals surface area contributed by atoms with Gasteiger partial charge in [0.25, 0.3) is 0 Å². The number of aryl methyl sites for hydroxylation is 1. The average molecular weight is 395 g/mol. The fourth-order valence-corrected chi connectivity index (χ4v) is 3.75. The molecule has 0 amide bonds. The van der Waals surface area contributed by atoms with E-state index in [0.717, 1.165) is 33.8 Å². The number of piperazine rings is 1. The summed E-state index contributed by atoms with van der Waals surface area (Å²) in [5, 5.41) is 5.60. The molecule has 1 aliphatic heterocycles. The molecule has 0 bridgehead atoms. The van der Waals surface area contributed by atoms with Crippen LogP contribution in [0.2, 0.25) is 0 Å². The third-order valence-electron chi connectivity index (χ3n) is 4.28. The number of thiazole rings is 1. The highest BCUT2D eigenvalue weighted by molar-refractivity contribution is 7.13. The van der Waals surface area contributed by atoms with E-state index < -0.39 is 11.9 Å². The van der Waals surface area contributed by atoms with Crippen LogP contribution in [0.25, 0.3) is 11.3 Å². The summed E-state index contributed by atoms with van der Waals surface area (Å²) in [5.74, 6) is 0.742. The molecule has 3 aromatic rings. The molecule has 1 fully saturated rings. The van der Waals surface area contributed by atoms with Gasteiger partial charge in [-0.2, -0.15) is 18.3 Å². The number of rotatable bonds is 3. The van der Waals surface area contributed by atoms with Gasteiger partial charge in [0.1, 0.15) is 5.82 Å². The first kappa shape index (κ1) is 17.7. The van der Waals surface area contributed by atoms with Crippen molar-refractivity contribution in [1.82, 2.24) is 24.7 Å². The molecule has 1 saturated heterocycles. The summed E-state index contributed by atoms with van der Waals surface area (Å²) in [5.41, 5.74) is 0.783. The number of halogens is 3. The van der Waals surface area contributed by atoms with E-state index in [4.69, 9.17) is 0 Å². The minimum atomic E-state index is -4.40. The number of nitrogens with zero attached hydrogens (tertiary/aromatic N) is 7. The molecule has 0 atom stereocenters. The molecule has 0 spiro atoms. The Labute approximate surface area is 157 Å². The zero-order valence-electron chi connectivity index (χ0n) is 14.4. The quantitative estimate of drug-likeness (QED) is 0.680. The minimum absolute atomic E-state index is 0.400. The van der Waals surface area contributed by atoms with E-state index in [1.165, 1.54) is 0 Å². The van der Waals surface area contributed by atoms with Gasteiger partial charge in [0.05, 0.1) is 24.3 Å². The molecule has 4 rings (SSSR count). The van der Waals surface area contributed by atoms with Crippen molar-refractivity contribution >= 4 is 22.3 Å². The first-order chi connectivity index (χ1) is 12.9. The lowest BCUT2D eigenvalue weighted by atomic mass is 10.2. The third-order valence-corrected chi connectivity index (χ3v) is 5.18. The predicted molar refractivity (Wildman–Crippen MR) is 95.8 cm³/mol. The molecule has 7 nitrogen and oxygen atoms in total. The van der Waals surface area contributed by atoms with Crippen LogP contribution >= 0.6 is 11.3 Å². The number of hydrogen-bond donors (Lipinski definition) is 0. The smallest absolute Gasteiger partial charge is 0.352 e. The highest BCUT2D eigenvalue weighted by atomic mass is 32.1. The zero-order valence-corrected chi connectivity index (χ0v) is 15.2. The SMILES string of the molecule is Cn1cc(-c2cncc(N3CCN(c4nc(C(F)(F)F)cs4)CC3)n2)cn1. The van der Waals surface area contributed by atoms with Crippen LogP contribution in [0.3, 0.4) is 0 Å². The molecule has 1 aliphatic rings. The van der Waals surface area contributed by atoms with Gasteiger partial charge >= 0.3 is 6.18 Å². The molecule has 0 aromatic carbocycles. The molecule has 142 valence electrons. The van der Waals surface area contributed by atoms with Gasteiger partial charge in [0.2, 0.25) is 0 Å². The van der Waals surface area contributed by atoms with E-state index in [0.29, 0.717) is 31.3 Å². The van der Waals surface area contributed by atoms with Crippen LogP contribution in [-0.2, 0) is 13.2 Å². The van der Waals surface area contributed by atoms with Gasteiger partial charge in [-0.3, -0.25) is 9.67 Å². The van der Waals surface area contributed by atoms with Crippen molar-refractivity contribution in [2.24, 2.45) is 7.05 Å². The number of hydrogen-bond acceptors (Lipinski definition) is 7. The van der Waals surface area contributed by atoms with Crippen molar-refractivity contribution in [1.29, 1.82) is 0 Å². The number of alkyl halides is 3. The largest absolute Gasteiger partial charge is 0.434 e. The zero-order chi connectivity index (χ0) is 19.0. The van der Waals surface area contributed by atoms with Gasteiger partial charge in [0, 0.05) is 50.4 Å². The molecule has 0 radical (unpaired) electrons. The Morgan fingerprint density at radius 2 is 1.74 bits per heavy atom. The molecule has 3 aromatic heterocycles. The maximum atomic E-state index is 12.7. The highest BCUT2D eigenvalue weighted by Gasteiger charge is 2.34. The first-order valence-corrected chi connectivity index (χ1v) is 9.12.